The third kappa shape index (κ3) is 20.4. The number of likely N-dealkylation sites (tertiary alicyclic amines) is 2. The summed E-state index contributed by atoms with van der Waals surface area (Å²) in [6.45, 7) is 3.89. The van der Waals surface area contributed by atoms with Crippen LogP contribution in [0.3, 0.4) is 0 Å². The van der Waals surface area contributed by atoms with Crippen LogP contribution in [0, 0.1) is 0 Å². The van der Waals surface area contributed by atoms with Gasteiger partial charge in [0, 0.05) is 118 Å². The molecule has 2 saturated heterocycles. The van der Waals surface area contributed by atoms with E-state index in [1.807, 2.05) is 92.6 Å². The molecule has 12 rings (SSSR count). The lowest BCUT2D eigenvalue weighted by atomic mass is 9.90. The van der Waals surface area contributed by atoms with E-state index in [1.165, 1.54) is 34.2 Å². The van der Waals surface area contributed by atoms with Crippen LogP contribution in [-0.4, -0.2) is 241 Å². The van der Waals surface area contributed by atoms with E-state index in [0.717, 1.165) is 42.6 Å². The highest BCUT2D eigenvalue weighted by molar-refractivity contribution is 6.39. The summed E-state index contributed by atoms with van der Waals surface area (Å²) in [5, 5.41) is 32.4. The molecule has 0 spiro atoms. The quantitative estimate of drug-likeness (QED) is 0.0232. The average Bonchev–Trinajstić information content (AvgIpc) is 0.785. The van der Waals surface area contributed by atoms with Crippen LogP contribution in [0.5, 0.6) is 11.5 Å². The van der Waals surface area contributed by atoms with Gasteiger partial charge in [-0.2, -0.15) is 0 Å². The number of fused-ring (bicyclic) bond motifs is 4. The van der Waals surface area contributed by atoms with Crippen LogP contribution in [0.2, 0.25) is 10.0 Å². The Morgan fingerprint density at radius 3 is 1.41 bits per heavy atom. The molecule has 2 fully saturated rings. The van der Waals surface area contributed by atoms with Crippen LogP contribution in [0.1, 0.15) is 96.6 Å². The number of halogens is 2. The van der Waals surface area contributed by atoms with Crippen LogP contribution in [0.25, 0.3) is 43.6 Å². The van der Waals surface area contributed by atoms with Gasteiger partial charge in [-0.05, 0) is 152 Å². The van der Waals surface area contributed by atoms with E-state index in [1.54, 1.807) is 89.6 Å². The fraction of sp³-hybridized carbons (Fsp3) is 0.381. The largest absolute Gasteiger partial charge is 0.493 e. The third-order valence-electron chi connectivity index (χ3n) is 21.3. The van der Waals surface area contributed by atoms with E-state index in [9.17, 15) is 39.0 Å². The van der Waals surface area contributed by atoms with Crippen LogP contribution < -0.4 is 42.7 Å². The number of carbonyl (C=O) groups excluding carboxylic acids is 6. The number of hydrogen-bond acceptors (Lipinski definition) is 20. The van der Waals surface area contributed by atoms with Crippen molar-refractivity contribution >= 4 is 102 Å². The van der Waals surface area contributed by atoms with Crippen molar-refractivity contribution in [2.24, 2.45) is 11.5 Å². The monoisotopic (exact) mass is 1590 g/mol. The smallest absolute Gasteiger partial charge is 0.261 e. The van der Waals surface area contributed by atoms with Crippen LogP contribution in [0.4, 0.5) is 0 Å². The first-order valence-corrected chi connectivity index (χ1v) is 38.9. The van der Waals surface area contributed by atoms with Gasteiger partial charge in [0.2, 0.25) is 11.8 Å². The molecule has 0 bridgehead atoms. The summed E-state index contributed by atoms with van der Waals surface area (Å²) in [5.41, 5.74) is 12.4. The van der Waals surface area contributed by atoms with Crippen molar-refractivity contribution in [1.29, 1.82) is 0 Å². The van der Waals surface area contributed by atoms with Crippen molar-refractivity contribution in [3.05, 3.63) is 222 Å². The van der Waals surface area contributed by atoms with Crippen LogP contribution >= 0.6 is 23.2 Å². The second-order valence-corrected chi connectivity index (χ2v) is 31.0. The molecule has 8 N–H and O–H groups in total. The molecule has 0 radical (unpaired) electrons. The lowest BCUT2D eigenvalue weighted by molar-refractivity contribution is -0.142. The van der Waals surface area contributed by atoms with E-state index in [-0.39, 0.29) is 166 Å². The number of ether oxygens (including phenoxy) is 2. The van der Waals surface area contributed by atoms with E-state index in [2.05, 4.69) is 40.4 Å². The Hall–Kier alpha value is -10.8. The number of aliphatic hydroxyl groups is 2. The Bertz CT molecular complexity index is 5320. The summed E-state index contributed by atoms with van der Waals surface area (Å²) < 4.78 is 14.7. The van der Waals surface area contributed by atoms with E-state index >= 15 is 9.59 Å². The molecule has 114 heavy (non-hydrogen) atoms. The highest BCUT2D eigenvalue weighted by Gasteiger charge is 2.40. The number of benzene rings is 6. The Morgan fingerprint density at radius 1 is 0.509 bits per heavy atom. The number of piperidine rings is 2. The summed E-state index contributed by atoms with van der Waals surface area (Å²) in [5.74, 6) is -1.62. The first kappa shape index (κ1) is 82.6. The number of rotatable bonds is 34. The highest BCUT2D eigenvalue weighted by Crippen LogP contribution is 2.32. The number of nitrogens with one attached hydrogen (secondary N) is 2. The maximum atomic E-state index is 15.7. The second-order valence-electron chi connectivity index (χ2n) is 30.2. The molecule has 0 aliphatic carbocycles. The van der Waals surface area contributed by atoms with Crippen molar-refractivity contribution in [3.63, 3.8) is 0 Å². The first-order chi connectivity index (χ1) is 54.7. The zero-order valence-electron chi connectivity index (χ0n) is 64.6. The first-order valence-electron chi connectivity index (χ1n) is 38.1. The maximum absolute atomic E-state index is 15.7. The summed E-state index contributed by atoms with van der Waals surface area (Å²) in [7, 11) is 9.79. The van der Waals surface area contributed by atoms with Gasteiger partial charge in [0.25, 0.3) is 34.7 Å². The number of aromatic nitrogens is 6. The standard InChI is InChI=1S/C84H96Cl2N16O12/c1-95(2)30-10-38-113-59-18-22-63-69(45-59)93-52-101(79(63)107)50-83(111)24-32-98(33-25-83)81(109)71(97(5)36-28-89-77(105)57-16-20-61-67(43-57)91-47-65(73(61)85)75(87)103)42-55-14-9-15-56(40-55)49-100(37-29-90-78(106)58-17-21-62-68(44-58)92-48-66(74(62)86)76(88)104)72(41-54-12-7-6-8-13-54)82(110)99-34-26-84(112,27-35-99)51-102-53-94-70-46-60(19-23-64(70)80(102)108)114-39-11-31-96(3)4/h6-9,12-23,40,43-48,52-53,71-72,111-112H,10-11,24-39,41-42,49-51H2,1-5H3,(H2,87,103)(H2,88,104)(H,89,105)(H,90,106)/t71-,72?/m0/s1. The number of likely N-dealkylation sites (N-methyl/N-ethyl adjacent to an activating group) is 1. The lowest BCUT2D eigenvalue weighted by Crippen LogP contribution is -2.56. The predicted molar refractivity (Wildman–Crippen MR) is 437 cm³/mol. The molecular formula is C84H96Cl2N16O12. The molecule has 28 nitrogen and oxygen atoms in total. The van der Waals surface area contributed by atoms with E-state index in [4.69, 9.17) is 44.1 Å². The Labute approximate surface area is 669 Å². The molecule has 0 saturated carbocycles. The molecule has 598 valence electrons. The number of amides is 6. The Balaban J connectivity index is 0.795. The number of primary amides is 2. The van der Waals surface area contributed by atoms with Gasteiger partial charge in [0.05, 0.1) is 116 Å². The molecule has 4 aromatic heterocycles. The molecule has 10 aromatic rings. The number of nitrogens with two attached hydrogens (primary N) is 2. The zero-order valence-corrected chi connectivity index (χ0v) is 66.1. The molecule has 2 aliphatic heterocycles. The predicted octanol–water partition coefficient (Wildman–Crippen LogP) is 6.59. The third-order valence-corrected chi connectivity index (χ3v) is 22.1. The zero-order chi connectivity index (χ0) is 81.0. The highest BCUT2D eigenvalue weighted by atomic mass is 35.5. The number of nitrogens with zero attached hydrogens (tertiary/aromatic N) is 12. The van der Waals surface area contributed by atoms with Crippen molar-refractivity contribution in [2.75, 3.05) is 114 Å². The fourth-order valence-electron chi connectivity index (χ4n) is 14.7. The van der Waals surface area contributed by atoms with Crippen LogP contribution in [-0.2, 0) is 42.1 Å². The number of pyridine rings is 2. The van der Waals surface area contributed by atoms with E-state index < -0.39 is 46.9 Å². The summed E-state index contributed by atoms with van der Waals surface area (Å²) >= 11 is 13.1. The van der Waals surface area contributed by atoms with Crippen molar-refractivity contribution in [3.8, 4) is 11.5 Å². The molecule has 30 heteroatoms. The minimum absolute atomic E-state index is 0.0379. The van der Waals surface area contributed by atoms with Gasteiger partial charge in [-0.1, -0.05) is 89.9 Å². The summed E-state index contributed by atoms with van der Waals surface area (Å²) in [6.07, 6.45) is 8.04. The molecular weight excluding hydrogens is 1500 g/mol. The normalized spacial score (nSPS) is 14.8. The van der Waals surface area contributed by atoms with E-state index in [0.29, 0.717) is 68.3 Å². The maximum Gasteiger partial charge on any atom is 0.261 e. The summed E-state index contributed by atoms with van der Waals surface area (Å²) in [6, 6.07) is 35.4. The Morgan fingerprint density at radius 2 is 0.939 bits per heavy atom. The molecule has 2 atom stereocenters. The molecule has 6 heterocycles. The molecule has 2 aliphatic rings. The average molecular weight is 1590 g/mol. The minimum Gasteiger partial charge on any atom is -0.493 e. The molecule has 6 aromatic carbocycles. The fourth-order valence-corrected chi connectivity index (χ4v) is 15.3. The van der Waals surface area contributed by atoms with Crippen molar-refractivity contribution < 1.29 is 48.5 Å². The summed E-state index contributed by atoms with van der Waals surface area (Å²) in [4.78, 5) is 141. The Kier molecular flexibility index (Phi) is 26.8. The SMILES string of the molecule is CN(C)CCCOc1ccc2c(=O)n(CC3(O)CCN(C(=O)C(Cc4ccccc4)N(CCNC(=O)c4ccc5c(Cl)c(C(N)=O)cnc5c4)Cc4cccc(C[C@@H](C(=O)N5CCC(O)(Cn6cnc7cc(OCCCN(C)C)ccc7c6=O)CC5)N(C)CCNC(=O)c5ccc6c(Cl)c(C(N)=O)cnc6c5)c4)CC3)cnc2c1. The van der Waals surface area contributed by atoms with Gasteiger partial charge < -0.3 is 61.4 Å². The lowest BCUT2D eigenvalue weighted by Gasteiger charge is -2.41. The minimum atomic E-state index is -1.38. The topological polar surface area (TPSA) is 352 Å². The number of hydrogen-bond donors (Lipinski definition) is 6. The van der Waals surface area contributed by atoms with Gasteiger partial charge in [-0.15, -0.1) is 0 Å². The van der Waals surface area contributed by atoms with Gasteiger partial charge in [-0.25, -0.2) is 9.97 Å². The van der Waals surface area contributed by atoms with Gasteiger partial charge in [0.15, 0.2) is 0 Å². The van der Waals surface area contributed by atoms with Gasteiger partial charge in [-0.3, -0.25) is 67.3 Å². The number of carbonyl (C=O) groups is 6. The van der Waals surface area contributed by atoms with Crippen molar-refractivity contribution in [2.45, 2.75) is 94.3 Å². The van der Waals surface area contributed by atoms with Gasteiger partial charge in [0.1, 0.15) is 11.5 Å². The second kappa shape index (κ2) is 37.0. The molecule has 6 amide bonds. The van der Waals surface area contributed by atoms with Crippen LogP contribution in [0.15, 0.2) is 162 Å². The van der Waals surface area contributed by atoms with Gasteiger partial charge >= 0.3 is 0 Å². The van der Waals surface area contributed by atoms with Crippen molar-refractivity contribution in [1.82, 2.24) is 69.1 Å². The molecule has 1 unspecified atom stereocenters.